The maximum absolute atomic E-state index is 12.2. The van der Waals surface area contributed by atoms with E-state index in [4.69, 9.17) is 9.15 Å². The van der Waals surface area contributed by atoms with Crippen molar-refractivity contribution < 1.29 is 13.9 Å². The molecular formula is C23H26N4O4S. The molecule has 0 bridgehead atoms. The molecule has 1 unspecified atom stereocenters. The van der Waals surface area contributed by atoms with E-state index in [1.54, 1.807) is 22.0 Å². The molecule has 3 aromatic rings. The summed E-state index contributed by atoms with van der Waals surface area (Å²) in [6, 6.07) is 11.3. The number of hydrogen-bond acceptors (Lipinski definition) is 7. The van der Waals surface area contributed by atoms with Gasteiger partial charge in [0.05, 0.1) is 30.7 Å². The Kier molecular flexibility index (Phi) is 7.05. The van der Waals surface area contributed by atoms with Crippen molar-refractivity contribution in [2.75, 3.05) is 26.3 Å². The highest BCUT2D eigenvalue weighted by molar-refractivity contribution is 7.15. The fourth-order valence-electron chi connectivity index (χ4n) is 3.57. The molecule has 1 amide bonds. The van der Waals surface area contributed by atoms with Crippen LogP contribution in [0.5, 0.6) is 0 Å². The number of carbonyl (C=O) groups excluding carboxylic acids is 1. The van der Waals surface area contributed by atoms with Gasteiger partial charge in [-0.3, -0.25) is 9.36 Å². The number of oxazole rings is 1. The van der Waals surface area contributed by atoms with E-state index in [0.29, 0.717) is 44.9 Å². The van der Waals surface area contributed by atoms with Crippen LogP contribution in [0, 0.1) is 17.2 Å². The molecule has 1 saturated heterocycles. The second-order valence-corrected chi connectivity index (χ2v) is 9.00. The van der Waals surface area contributed by atoms with E-state index >= 15 is 0 Å². The number of benzene rings is 1. The first kappa shape index (κ1) is 22.3. The molecule has 9 heteroatoms. The van der Waals surface area contributed by atoms with Gasteiger partial charge in [-0.15, -0.1) is 11.3 Å². The third-order valence-corrected chi connectivity index (χ3v) is 6.61. The molecule has 3 heterocycles. The van der Waals surface area contributed by atoms with E-state index in [1.165, 1.54) is 0 Å². The molecule has 0 saturated carbocycles. The molecule has 32 heavy (non-hydrogen) atoms. The van der Waals surface area contributed by atoms with Gasteiger partial charge in [0, 0.05) is 35.9 Å². The first-order valence-corrected chi connectivity index (χ1v) is 11.6. The minimum atomic E-state index is -0.556. The zero-order chi connectivity index (χ0) is 22.5. The Morgan fingerprint density at radius 2 is 2.22 bits per heavy atom. The maximum Gasteiger partial charge on any atom is 0.420 e. The molecule has 0 radical (unpaired) electrons. The van der Waals surface area contributed by atoms with Crippen molar-refractivity contribution in [1.29, 1.82) is 5.26 Å². The second-order valence-electron chi connectivity index (χ2n) is 7.83. The number of rotatable bonds is 10. The lowest BCUT2D eigenvalue weighted by molar-refractivity contribution is -0.126. The summed E-state index contributed by atoms with van der Waals surface area (Å²) in [5, 5.41) is 15.4. The van der Waals surface area contributed by atoms with E-state index in [-0.39, 0.29) is 11.8 Å². The Morgan fingerprint density at radius 3 is 2.94 bits per heavy atom. The van der Waals surface area contributed by atoms with Crippen LogP contribution in [0.15, 0.2) is 39.5 Å². The van der Waals surface area contributed by atoms with Crippen molar-refractivity contribution in [1.82, 2.24) is 15.2 Å². The molecule has 8 nitrogen and oxygen atoms in total. The van der Waals surface area contributed by atoms with Gasteiger partial charge < -0.3 is 19.8 Å². The van der Waals surface area contributed by atoms with Crippen LogP contribution in [0.4, 0.5) is 0 Å². The first-order chi connectivity index (χ1) is 15.6. The van der Waals surface area contributed by atoms with E-state index in [0.717, 1.165) is 27.3 Å². The van der Waals surface area contributed by atoms with Crippen molar-refractivity contribution in [3.8, 4) is 16.5 Å². The van der Waals surface area contributed by atoms with Crippen molar-refractivity contribution in [3.63, 3.8) is 0 Å². The molecule has 1 aliphatic heterocycles. The Morgan fingerprint density at radius 1 is 1.38 bits per heavy atom. The highest BCUT2D eigenvalue weighted by Crippen LogP contribution is 2.31. The number of hydrogen-bond donors (Lipinski definition) is 2. The molecule has 1 aromatic carbocycles. The van der Waals surface area contributed by atoms with Crippen LogP contribution >= 0.6 is 11.3 Å². The SMILES string of the molecule is CCCOCCn1c(=O)oc2ccc(-c3ccc(CC(C#N)NC(=O)C4CNC4)s3)cc21. The van der Waals surface area contributed by atoms with Crippen molar-refractivity contribution in [2.24, 2.45) is 5.92 Å². The summed E-state index contributed by atoms with van der Waals surface area (Å²) in [5.74, 6) is -0.506. The van der Waals surface area contributed by atoms with Crippen LogP contribution < -0.4 is 16.4 Å². The lowest BCUT2D eigenvalue weighted by Gasteiger charge is -2.26. The normalized spacial score (nSPS) is 14.8. The van der Waals surface area contributed by atoms with Gasteiger partial charge in [0.2, 0.25) is 5.91 Å². The van der Waals surface area contributed by atoms with E-state index < -0.39 is 11.8 Å². The molecule has 2 aromatic heterocycles. The summed E-state index contributed by atoms with van der Waals surface area (Å²) < 4.78 is 12.5. The zero-order valence-electron chi connectivity index (χ0n) is 17.9. The average Bonchev–Trinajstić information content (AvgIpc) is 3.33. The summed E-state index contributed by atoms with van der Waals surface area (Å²) in [6.07, 6.45) is 1.39. The van der Waals surface area contributed by atoms with Gasteiger partial charge in [-0.1, -0.05) is 6.92 Å². The predicted octanol–water partition coefficient (Wildman–Crippen LogP) is 2.52. The number of carbonyl (C=O) groups is 1. The monoisotopic (exact) mass is 454 g/mol. The molecule has 0 spiro atoms. The van der Waals surface area contributed by atoms with Gasteiger partial charge in [-0.2, -0.15) is 5.26 Å². The Bertz CT molecular complexity index is 1180. The second kappa shape index (κ2) is 10.1. The van der Waals surface area contributed by atoms with Crippen LogP contribution in [0.3, 0.4) is 0 Å². The van der Waals surface area contributed by atoms with Gasteiger partial charge in [0.15, 0.2) is 5.58 Å². The Hall–Kier alpha value is -2.93. The standard InChI is InChI=1S/C23H26N4O4S/c1-2-8-30-9-7-27-19-10-15(3-5-20(19)31-23(27)29)21-6-4-18(32-21)11-17(12-24)26-22(28)16-13-25-14-16/h3-6,10,16-17,25H,2,7-9,11,13-14H2,1H3,(H,26,28). The third kappa shape index (κ3) is 4.93. The topological polar surface area (TPSA) is 109 Å². The summed E-state index contributed by atoms with van der Waals surface area (Å²) in [6.45, 7) is 4.92. The number of ether oxygens (including phenoxy) is 1. The zero-order valence-corrected chi connectivity index (χ0v) is 18.7. The van der Waals surface area contributed by atoms with E-state index in [2.05, 4.69) is 16.7 Å². The quantitative estimate of drug-likeness (QED) is 0.456. The van der Waals surface area contributed by atoms with E-state index in [9.17, 15) is 14.9 Å². The van der Waals surface area contributed by atoms with Crippen molar-refractivity contribution in [2.45, 2.75) is 32.4 Å². The Labute approximate surface area is 189 Å². The number of amides is 1. The predicted molar refractivity (Wildman–Crippen MR) is 123 cm³/mol. The molecule has 1 fully saturated rings. The van der Waals surface area contributed by atoms with Crippen LogP contribution in [0.1, 0.15) is 18.2 Å². The summed E-state index contributed by atoms with van der Waals surface area (Å²) in [7, 11) is 0. The fraction of sp³-hybridized carbons (Fsp3) is 0.435. The Balaban J connectivity index is 1.48. The summed E-state index contributed by atoms with van der Waals surface area (Å²) in [4.78, 5) is 26.4. The molecule has 1 atom stereocenters. The number of nitriles is 1. The van der Waals surface area contributed by atoms with Crippen LogP contribution in [-0.2, 0) is 22.5 Å². The van der Waals surface area contributed by atoms with Gasteiger partial charge >= 0.3 is 5.76 Å². The van der Waals surface area contributed by atoms with Crippen LogP contribution in [0.25, 0.3) is 21.5 Å². The van der Waals surface area contributed by atoms with Gasteiger partial charge in [0.25, 0.3) is 0 Å². The number of fused-ring (bicyclic) bond motifs is 1. The molecular weight excluding hydrogens is 428 g/mol. The molecule has 168 valence electrons. The third-order valence-electron chi connectivity index (χ3n) is 5.45. The summed E-state index contributed by atoms with van der Waals surface area (Å²) in [5.41, 5.74) is 2.25. The number of nitrogens with zero attached hydrogens (tertiary/aromatic N) is 2. The van der Waals surface area contributed by atoms with Crippen molar-refractivity contribution >= 4 is 28.3 Å². The largest absolute Gasteiger partial charge is 0.420 e. The molecule has 0 aliphatic carbocycles. The highest BCUT2D eigenvalue weighted by atomic mass is 32.1. The minimum absolute atomic E-state index is 0.0450. The number of aromatic nitrogens is 1. The number of nitrogens with one attached hydrogen (secondary N) is 2. The van der Waals surface area contributed by atoms with Gasteiger partial charge in [0.1, 0.15) is 6.04 Å². The number of thiophene rings is 1. The highest BCUT2D eigenvalue weighted by Gasteiger charge is 2.26. The fourth-order valence-corrected chi connectivity index (χ4v) is 4.62. The lowest BCUT2D eigenvalue weighted by atomic mass is 10.0. The average molecular weight is 455 g/mol. The molecule has 4 rings (SSSR count). The molecule has 1 aliphatic rings. The van der Waals surface area contributed by atoms with Crippen molar-refractivity contribution in [3.05, 3.63) is 45.8 Å². The van der Waals surface area contributed by atoms with E-state index in [1.807, 2.05) is 31.2 Å². The minimum Gasteiger partial charge on any atom is -0.408 e. The lowest BCUT2D eigenvalue weighted by Crippen LogP contribution is -2.52. The van der Waals surface area contributed by atoms with Crippen LogP contribution in [0.2, 0.25) is 0 Å². The first-order valence-electron chi connectivity index (χ1n) is 10.8. The smallest absolute Gasteiger partial charge is 0.408 e. The molecule has 2 N–H and O–H groups in total. The summed E-state index contributed by atoms with van der Waals surface area (Å²) >= 11 is 1.57. The van der Waals surface area contributed by atoms with Gasteiger partial charge in [-0.25, -0.2) is 4.79 Å². The maximum atomic E-state index is 12.2. The van der Waals surface area contributed by atoms with Gasteiger partial charge in [-0.05, 0) is 42.3 Å². The van der Waals surface area contributed by atoms with Crippen LogP contribution in [-0.4, -0.2) is 42.8 Å².